The molecule has 2 aromatic heterocycles. The average molecular weight is 577 g/mol. The molecule has 0 radical (unpaired) electrons. The van der Waals surface area contributed by atoms with Gasteiger partial charge < -0.3 is 14.8 Å². The lowest BCUT2D eigenvalue weighted by Gasteiger charge is -2.16. The Hall–Kier alpha value is -3.89. The maximum Gasteiger partial charge on any atom is 0.341 e. The number of rotatable bonds is 12. The van der Waals surface area contributed by atoms with E-state index in [1.807, 2.05) is 72.3 Å². The van der Waals surface area contributed by atoms with Crippen LogP contribution in [0.3, 0.4) is 0 Å². The summed E-state index contributed by atoms with van der Waals surface area (Å²) in [6.45, 7) is 10.3. The molecule has 2 heterocycles. The number of hydrogen-bond acceptors (Lipinski definition) is 8. The van der Waals surface area contributed by atoms with E-state index >= 15 is 0 Å². The molecular weight excluding hydrogens is 544 g/mol. The molecule has 1 amide bonds. The van der Waals surface area contributed by atoms with E-state index in [1.165, 1.54) is 35.8 Å². The number of anilines is 1. The second-order valence-electron chi connectivity index (χ2n) is 9.05. The Morgan fingerprint density at radius 3 is 2.52 bits per heavy atom. The van der Waals surface area contributed by atoms with Gasteiger partial charge in [-0.25, -0.2) is 4.79 Å². The zero-order valence-electron chi connectivity index (χ0n) is 23.0. The third-order valence-electron chi connectivity index (χ3n) is 6.19. The molecule has 0 fully saturated rings. The van der Waals surface area contributed by atoms with E-state index in [0.717, 1.165) is 23.3 Å². The van der Waals surface area contributed by atoms with Crippen LogP contribution >= 0.6 is 23.1 Å². The first-order valence-corrected chi connectivity index (χ1v) is 14.7. The van der Waals surface area contributed by atoms with Crippen molar-refractivity contribution in [1.82, 2.24) is 14.8 Å². The highest BCUT2D eigenvalue weighted by Gasteiger charge is 2.24. The molecule has 0 aliphatic heterocycles. The van der Waals surface area contributed by atoms with E-state index in [1.54, 1.807) is 6.08 Å². The van der Waals surface area contributed by atoms with Crippen LogP contribution in [0, 0.1) is 6.92 Å². The molecule has 0 spiro atoms. The molecule has 1 unspecified atom stereocenters. The summed E-state index contributed by atoms with van der Waals surface area (Å²) in [5, 5.41) is 14.4. The number of benzene rings is 2. The standard InChI is InChI=1S/C30H32N4O4S2/c1-6-16-34-27(20(4)38-23-14-10-21(7-2)11-15-23)32-33-30(34)40-18-25(35)31-28-26(29(36)37-5)24(17-39-28)22-12-8-19(3)9-13-22/h6,8-15,17,20H,1,7,16,18H2,2-5H3,(H,31,35). The summed E-state index contributed by atoms with van der Waals surface area (Å²) in [6.07, 6.45) is 2.35. The van der Waals surface area contributed by atoms with Crippen molar-refractivity contribution >= 4 is 40.0 Å². The average Bonchev–Trinajstić information content (AvgIpc) is 3.56. The van der Waals surface area contributed by atoms with Gasteiger partial charge in [0.1, 0.15) is 16.3 Å². The molecule has 4 aromatic rings. The van der Waals surface area contributed by atoms with E-state index in [2.05, 4.69) is 29.0 Å². The van der Waals surface area contributed by atoms with Crippen molar-refractivity contribution in [2.24, 2.45) is 0 Å². The number of ether oxygens (including phenoxy) is 2. The molecule has 8 nitrogen and oxygen atoms in total. The molecule has 0 aliphatic rings. The van der Waals surface area contributed by atoms with Crippen molar-refractivity contribution in [2.45, 2.75) is 45.0 Å². The first-order valence-electron chi connectivity index (χ1n) is 12.8. The Kier molecular flexibility index (Phi) is 9.79. The molecule has 0 saturated carbocycles. The van der Waals surface area contributed by atoms with Crippen LogP contribution in [0.25, 0.3) is 11.1 Å². The largest absolute Gasteiger partial charge is 0.483 e. The highest BCUT2D eigenvalue weighted by molar-refractivity contribution is 7.99. The van der Waals surface area contributed by atoms with Gasteiger partial charge in [0.2, 0.25) is 5.91 Å². The fourth-order valence-corrected chi connectivity index (χ4v) is 5.79. The molecule has 10 heteroatoms. The SMILES string of the molecule is C=CCn1c(SCC(=O)Nc2scc(-c3ccc(C)cc3)c2C(=O)OC)nnc1C(C)Oc1ccc(CC)cc1. The number of amides is 1. The van der Waals surface area contributed by atoms with Crippen molar-refractivity contribution in [3.8, 4) is 16.9 Å². The zero-order chi connectivity index (χ0) is 28.6. The Morgan fingerprint density at radius 2 is 1.88 bits per heavy atom. The van der Waals surface area contributed by atoms with Gasteiger partial charge in [-0.15, -0.1) is 28.1 Å². The number of esters is 1. The van der Waals surface area contributed by atoms with Gasteiger partial charge >= 0.3 is 5.97 Å². The normalized spacial score (nSPS) is 11.6. The molecule has 208 valence electrons. The molecule has 0 aliphatic carbocycles. The summed E-state index contributed by atoms with van der Waals surface area (Å²) in [5.74, 6) is 0.669. The van der Waals surface area contributed by atoms with E-state index in [4.69, 9.17) is 9.47 Å². The van der Waals surface area contributed by atoms with E-state index in [0.29, 0.717) is 33.7 Å². The predicted molar refractivity (Wildman–Crippen MR) is 160 cm³/mol. The van der Waals surface area contributed by atoms with Gasteiger partial charge in [-0.3, -0.25) is 9.36 Å². The van der Waals surface area contributed by atoms with Crippen molar-refractivity contribution < 1.29 is 19.1 Å². The minimum Gasteiger partial charge on any atom is -0.483 e. The summed E-state index contributed by atoms with van der Waals surface area (Å²) < 4.78 is 13.0. The van der Waals surface area contributed by atoms with Crippen LogP contribution in [-0.2, 0) is 22.5 Å². The number of nitrogens with one attached hydrogen (secondary N) is 1. The number of thioether (sulfide) groups is 1. The van der Waals surface area contributed by atoms with Crippen LogP contribution in [0.4, 0.5) is 5.00 Å². The second-order valence-corrected chi connectivity index (χ2v) is 10.9. The fourth-order valence-electron chi connectivity index (χ4n) is 4.06. The van der Waals surface area contributed by atoms with Crippen LogP contribution in [0.5, 0.6) is 5.75 Å². The molecule has 2 aromatic carbocycles. The number of carbonyl (C=O) groups is 2. The van der Waals surface area contributed by atoms with Crippen molar-refractivity contribution in [3.05, 3.63) is 89.1 Å². The van der Waals surface area contributed by atoms with Gasteiger partial charge in [0.05, 0.1) is 12.9 Å². The van der Waals surface area contributed by atoms with E-state index < -0.39 is 5.97 Å². The number of carbonyl (C=O) groups excluding carboxylic acids is 2. The summed E-state index contributed by atoms with van der Waals surface area (Å²) in [4.78, 5) is 25.6. The van der Waals surface area contributed by atoms with Crippen LogP contribution < -0.4 is 10.1 Å². The third kappa shape index (κ3) is 6.81. The third-order valence-corrected chi connectivity index (χ3v) is 8.06. The van der Waals surface area contributed by atoms with Crippen LogP contribution in [0.1, 0.15) is 47.3 Å². The first kappa shape index (κ1) is 29.1. The highest BCUT2D eigenvalue weighted by Crippen LogP contribution is 2.36. The van der Waals surface area contributed by atoms with Crippen molar-refractivity contribution in [2.75, 3.05) is 18.2 Å². The smallest absolute Gasteiger partial charge is 0.341 e. The first-order chi connectivity index (χ1) is 19.3. The van der Waals surface area contributed by atoms with Crippen molar-refractivity contribution in [1.29, 1.82) is 0 Å². The molecule has 1 atom stereocenters. The summed E-state index contributed by atoms with van der Waals surface area (Å²) in [5.41, 5.74) is 4.28. The second kappa shape index (κ2) is 13.5. The number of thiophene rings is 1. The number of hydrogen-bond donors (Lipinski definition) is 1. The Morgan fingerprint density at radius 1 is 1.15 bits per heavy atom. The maximum absolute atomic E-state index is 13.0. The van der Waals surface area contributed by atoms with Gasteiger partial charge in [-0.1, -0.05) is 66.7 Å². The van der Waals surface area contributed by atoms with E-state index in [9.17, 15) is 9.59 Å². The van der Waals surface area contributed by atoms with Crippen LogP contribution in [-0.4, -0.2) is 39.5 Å². The number of methoxy groups -OCH3 is 1. The Balaban J connectivity index is 1.46. The maximum atomic E-state index is 13.0. The van der Waals surface area contributed by atoms with Crippen LogP contribution in [0.15, 0.2) is 71.7 Å². The molecule has 0 bridgehead atoms. The molecule has 0 saturated heterocycles. The van der Waals surface area contributed by atoms with Crippen molar-refractivity contribution in [3.63, 3.8) is 0 Å². The summed E-state index contributed by atoms with van der Waals surface area (Å²) >= 11 is 2.54. The Bertz CT molecular complexity index is 1480. The topological polar surface area (TPSA) is 95.3 Å². The highest BCUT2D eigenvalue weighted by atomic mass is 32.2. The fraction of sp³-hybridized carbons (Fsp3) is 0.267. The number of aryl methyl sites for hydroxylation is 2. The number of allylic oxidation sites excluding steroid dienone is 1. The lowest BCUT2D eigenvalue weighted by atomic mass is 10.0. The quantitative estimate of drug-likeness (QED) is 0.114. The lowest BCUT2D eigenvalue weighted by molar-refractivity contribution is -0.113. The number of nitrogens with zero attached hydrogens (tertiary/aromatic N) is 3. The minimum atomic E-state index is -0.506. The summed E-state index contributed by atoms with van der Waals surface area (Å²) in [7, 11) is 1.33. The van der Waals surface area contributed by atoms with E-state index in [-0.39, 0.29) is 17.8 Å². The van der Waals surface area contributed by atoms with Crippen LogP contribution in [0.2, 0.25) is 0 Å². The van der Waals surface area contributed by atoms with Gasteiger partial charge in [-0.2, -0.15) is 0 Å². The minimum absolute atomic E-state index is 0.0708. The molecule has 40 heavy (non-hydrogen) atoms. The number of aromatic nitrogens is 3. The van der Waals surface area contributed by atoms with Gasteiger partial charge in [0.15, 0.2) is 17.1 Å². The van der Waals surface area contributed by atoms with Gasteiger partial charge in [0.25, 0.3) is 0 Å². The zero-order valence-corrected chi connectivity index (χ0v) is 24.6. The van der Waals surface area contributed by atoms with Gasteiger partial charge in [0, 0.05) is 17.5 Å². The Labute approximate surface area is 242 Å². The molecule has 4 rings (SSSR count). The lowest BCUT2D eigenvalue weighted by Crippen LogP contribution is -2.17. The monoisotopic (exact) mass is 576 g/mol. The van der Waals surface area contributed by atoms with Gasteiger partial charge in [-0.05, 0) is 43.5 Å². The molecule has 1 N–H and O–H groups in total. The summed E-state index contributed by atoms with van der Waals surface area (Å²) in [6, 6.07) is 15.8. The molecular formula is C30H32N4O4S2. The predicted octanol–water partition coefficient (Wildman–Crippen LogP) is 6.72.